The zero-order valence-electron chi connectivity index (χ0n) is 23.9. The predicted octanol–water partition coefficient (Wildman–Crippen LogP) is 4.60. The summed E-state index contributed by atoms with van der Waals surface area (Å²) in [6.07, 6.45) is 4.96. The molecule has 0 N–H and O–H groups in total. The number of hydrogen-bond donors (Lipinski definition) is 0. The number of benzene rings is 2. The third kappa shape index (κ3) is 7.75. The lowest BCUT2D eigenvalue weighted by molar-refractivity contribution is -0.0506. The molecule has 220 valence electrons. The first-order valence-corrected chi connectivity index (χ1v) is 15.8. The fourth-order valence-electron chi connectivity index (χ4n) is 5.83. The molecule has 4 rings (SSSR count). The van der Waals surface area contributed by atoms with Crippen LogP contribution in [0, 0.1) is 0 Å². The minimum Gasteiger partial charge on any atom is -0.497 e. The van der Waals surface area contributed by atoms with Crippen LogP contribution in [0.25, 0.3) is 0 Å². The molecule has 1 aliphatic carbocycles. The smallest absolute Gasteiger partial charge is 0.410 e. The Hall–Kier alpha value is -2.66. The molecule has 0 unspecified atom stereocenters. The fourth-order valence-corrected chi connectivity index (χ4v) is 6.94. The number of hydrogen-bond acceptors (Lipinski definition) is 7. The molecule has 2 fully saturated rings. The van der Waals surface area contributed by atoms with Gasteiger partial charge < -0.3 is 18.9 Å². The molecule has 3 atom stereocenters. The Kier molecular flexibility index (Phi) is 10.5. The quantitative estimate of drug-likeness (QED) is 0.387. The predicted molar refractivity (Wildman–Crippen MR) is 153 cm³/mol. The van der Waals surface area contributed by atoms with Crippen molar-refractivity contribution in [3.63, 3.8) is 0 Å². The van der Waals surface area contributed by atoms with Gasteiger partial charge in [-0.1, -0.05) is 42.5 Å². The lowest BCUT2D eigenvalue weighted by Crippen LogP contribution is -2.51. The van der Waals surface area contributed by atoms with Gasteiger partial charge >= 0.3 is 6.09 Å². The zero-order valence-corrected chi connectivity index (χ0v) is 24.7. The van der Waals surface area contributed by atoms with E-state index in [1.54, 1.807) is 12.0 Å². The van der Waals surface area contributed by atoms with Crippen molar-refractivity contribution < 1.29 is 32.2 Å². The molecule has 0 radical (unpaired) electrons. The van der Waals surface area contributed by atoms with Gasteiger partial charge in [-0.3, -0.25) is 4.90 Å². The number of carbonyl (C=O) groups is 1. The molecule has 0 aromatic heterocycles. The maximum absolute atomic E-state index is 13.1. The van der Waals surface area contributed by atoms with E-state index in [0.29, 0.717) is 18.8 Å². The van der Waals surface area contributed by atoms with Crippen LogP contribution in [0.2, 0.25) is 0 Å². The summed E-state index contributed by atoms with van der Waals surface area (Å²) in [5.41, 5.74) is 2.00. The number of nitrogens with zero attached hydrogens (tertiary/aromatic N) is 2. The van der Waals surface area contributed by atoms with Crippen LogP contribution >= 0.6 is 0 Å². The number of carbonyl (C=O) groups excluding carboxylic acids is 1. The summed E-state index contributed by atoms with van der Waals surface area (Å²) in [7, 11) is -0.662. The lowest BCUT2D eigenvalue weighted by Gasteiger charge is -2.35. The minimum absolute atomic E-state index is 0.0286. The zero-order chi connectivity index (χ0) is 28.7. The second-order valence-electron chi connectivity index (χ2n) is 10.8. The molecule has 0 spiro atoms. The van der Waals surface area contributed by atoms with Crippen molar-refractivity contribution >= 4 is 16.1 Å². The number of methoxy groups -OCH3 is 2. The van der Waals surface area contributed by atoms with Gasteiger partial charge in [0.2, 0.25) is 10.0 Å². The molecule has 0 bridgehead atoms. The monoisotopic (exact) mass is 574 g/mol. The number of rotatable bonds is 11. The molecular weight excluding hydrogens is 532 g/mol. The average molecular weight is 575 g/mol. The molecule has 1 saturated carbocycles. The third-order valence-corrected chi connectivity index (χ3v) is 9.24. The summed E-state index contributed by atoms with van der Waals surface area (Å²) < 4.78 is 50.5. The van der Waals surface area contributed by atoms with Crippen LogP contribution in [0.5, 0.6) is 5.75 Å². The van der Waals surface area contributed by atoms with Crippen LogP contribution in [0.3, 0.4) is 0 Å². The summed E-state index contributed by atoms with van der Waals surface area (Å²) >= 11 is 0. The number of likely N-dealkylation sites (tertiary alicyclic amines) is 1. The second-order valence-corrected chi connectivity index (χ2v) is 12.7. The van der Waals surface area contributed by atoms with Crippen molar-refractivity contribution in [2.75, 3.05) is 27.1 Å². The standard InChI is InChI=1S/C30H42N2O7S/c1-22-18-28(31(40(4,34)35)19-23-10-12-25(36-2)13-11-23)29(32(22)30(33)37-3)21-39-27-16-14-26(15-17-27)38-20-24-8-6-5-7-9-24/h5-13,22,26-29H,14-21H2,1-4H3/t22-,26?,27?,28+,29+/m1/s1. The third-order valence-electron chi connectivity index (χ3n) is 7.99. The van der Waals surface area contributed by atoms with Crippen molar-refractivity contribution in [2.45, 2.75) is 82.5 Å². The first kappa shape index (κ1) is 30.3. The van der Waals surface area contributed by atoms with Crippen molar-refractivity contribution in [3.05, 3.63) is 65.7 Å². The van der Waals surface area contributed by atoms with Crippen molar-refractivity contribution in [2.24, 2.45) is 0 Å². The molecule has 40 heavy (non-hydrogen) atoms. The van der Waals surface area contributed by atoms with Gasteiger partial charge in [0.05, 0.1) is 51.9 Å². The van der Waals surface area contributed by atoms with E-state index >= 15 is 0 Å². The molecule has 2 aromatic rings. The number of amides is 1. The molecule has 1 saturated heterocycles. The molecule has 9 nitrogen and oxygen atoms in total. The summed E-state index contributed by atoms with van der Waals surface area (Å²) in [6, 6.07) is 16.4. The Morgan fingerprint density at radius 1 is 0.925 bits per heavy atom. The van der Waals surface area contributed by atoms with E-state index in [1.807, 2.05) is 49.4 Å². The van der Waals surface area contributed by atoms with Gasteiger partial charge in [0.25, 0.3) is 0 Å². The first-order valence-electron chi connectivity index (χ1n) is 13.9. The fraction of sp³-hybridized carbons (Fsp3) is 0.567. The molecule has 2 aromatic carbocycles. The van der Waals surface area contributed by atoms with Crippen molar-refractivity contribution in [1.29, 1.82) is 0 Å². The van der Waals surface area contributed by atoms with E-state index in [0.717, 1.165) is 36.8 Å². The number of ether oxygens (including phenoxy) is 4. The van der Waals surface area contributed by atoms with Crippen LogP contribution in [0.1, 0.15) is 50.2 Å². The van der Waals surface area contributed by atoms with Crippen molar-refractivity contribution in [1.82, 2.24) is 9.21 Å². The summed E-state index contributed by atoms with van der Waals surface area (Å²) in [5, 5.41) is 0. The van der Waals surface area contributed by atoms with Crippen molar-refractivity contribution in [3.8, 4) is 5.75 Å². The molecule has 1 heterocycles. The Morgan fingerprint density at radius 2 is 1.55 bits per heavy atom. The minimum atomic E-state index is -3.60. The Balaban J connectivity index is 1.42. The van der Waals surface area contributed by atoms with E-state index in [9.17, 15) is 13.2 Å². The average Bonchev–Trinajstić information content (AvgIpc) is 3.29. The molecule has 1 amide bonds. The maximum Gasteiger partial charge on any atom is 0.410 e. The highest BCUT2D eigenvalue weighted by Crippen LogP contribution is 2.33. The summed E-state index contributed by atoms with van der Waals surface area (Å²) in [5.74, 6) is 0.701. The summed E-state index contributed by atoms with van der Waals surface area (Å²) in [4.78, 5) is 14.5. The highest BCUT2D eigenvalue weighted by Gasteiger charge is 2.47. The van der Waals surface area contributed by atoms with Gasteiger partial charge in [-0.05, 0) is 62.3 Å². The molecule has 2 aliphatic rings. The lowest BCUT2D eigenvalue weighted by atomic mass is 9.94. The van der Waals surface area contributed by atoms with E-state index in [2.05, 4.69) is 12.1 Å². The maximum atomic E-state index is 13.1. The van der Waals surface area contributed by atoms with E-state index in [4.69, 9.17) is 18.9 Å². The molecular formula is C30H42N2O7S. The van der Waals surface area contributed by atoms with Crippen LogP contribution in [-0.2, 0) is 37.4 Å². The van der Waals surface area contributed by atoms with E-state index < -0.39 is 28.2 Å². The van der Waals surface area contributed by atoms with Gasteiger partial charge in [-0.2, -0.15) is 4.31 Å². The van der Waals surface area contributed by atoms with Crippen LogP contribution in [0.4, 0.5) is 4.79 Å². The highest BCUT2D eigenvalue weighted by atomic mass is 32.2. The van der Waals surface area contributed by atoms with Gasteiger partial charge in [0, 0.05) is 18.6 Å². The Morgan fingerprint density at radius 3 is 2.12 bits per heavy atom. The largest absolute Gasteiger partial charge is 0.497 e. The summed E-state index contributed by atoms with van der Waals surface area (Å²) in [6.45, 7) is 2.95. The van der Waals surface area contributed by atoms with Gasteiger partial charge in [0.15, 0.2) is 0 Å². The van der Waals surface area contributed by atoms with Crippen LogP contribution in [0.15, 0.2) is 54.6 Å². The SMILES string of the molecule is COC(=O)N1[C@H](C)C[C@H](N(Cc2ccc(OC)cc2)S(C)(=O)=O)[C@@H]1COC1CCC(OCc2ccccc2)CC1. The van der Waals surface area contributed by atoms with Gasteiger partial charge in [0.1, 0.15) is 5.75 Å². The van der Waals surface area contributed by atoms with Crippen LogP contribution in [-0.4, -0.2) is 81.1 Å². The van der Waals surface area contributed by atoms with E-state index in [-0.39, 0.29) is 31.4 Å². The van der Waals surface area contributed by atoms with Crippen LogP contribution < -0.4 is 4.74 Å². The Bertz CT molecular complexity index is 1180. The molecule has 1 aliphatic heterocycles. The number of sulfonamides is 1. The Labute approximate surface area is 238 Å². The van der Waals surface area contributed by atoms with Gasteiger partial charge in [-0.15, -0.1) is 0 Å². The topological polar surface area (TPSA) is 94.6 Å². The van der Waals surface area contributed by atoms with Gasteiger partial charge in [-0.25, -0.2) is 13.2 Å². The molecule has 10 heteroatoms. The second kappa shape index (κ2) is 13.8. The van der Waals surface area contributed by atoms with E-state index in [1.165, 1.54) is 17.7 Å². The normalized spacial score (nSPS) is 25.2. The highest BCUT2D eigenvalue weighted by molar-refractivity contribution is 7.88. The first-order chi connectivity index (χ1) is 19.2.